The number of allylic oxidation sites excluding steroid dienone is 1. The average molecular weight is 723 g/mol. The van der Waals surface area contributed by atoms with Gasteiger partial charge in [-0.2, -0.15) is 0 Å². The molecule has 2 nitrogen and oxygen atoms in total. The van der Waals surface area contributed by atoms with E-state index in [4.69, 9.17) is 5.73 Å². The van der Waals surface area contributed by atoms with Crippen molar-refractivity contribution in [2.24, 2.45) is 5.73 Å². The first-order valence-corrected chi connectivity index (χ1v) is 19.9. The minimum Gasteiger partial charge on any atom is -0.366 e. The van der Waals surface area contributed by atoms with Crippen molar-refractivity contribution in [3.05, 3.63) is 209 Å². The minimum atomic E-state index is -0.367. The normalized spacial score (nSPS) is 15.3. The van der Waals surface area contributed by atoms with Crippen molar-refractivity contribution in [3.63, 3.8) is 0 Å². The van der Waals surface area contributed by atoms with Crippen LogP contribution in [-0.2, 0) is 17.3 Å². The van der Waals surface area contributed by atoms with Gasteiger partial charge in [-0.25, -0.2) is 0 Å². The first kappa shape index (κ1) is 34.3. The number of fused-ring (bicyclic) bond motifs is 8. The summed E-state index contributed by atoms with van der Waals surface area (Å²) in [7, 11) is 0. The second kappa shape index (κ2) is 12.9. The quantitative estimate of drug-likeness (QED) is 0.161. The van der Waals surface area contributed by atoms with Gasteiger partial charge in [0.1, 0.15) is 6.17 Å². The van der Waals surface area contributed by atoms with Gasteiger partial charge in [0.05, 0.1) is 0 Å². The zero-order chi connectivity index (χ0) is 38.2. The lowest BCUT2D eigenvalue weighted by Gasteiger charge is -2.22. The summed E-state index contributed by atoms with van der Waals surface area (Å²) >= 11 is 0. The third-order valence-electron chi connectivity index (χ3n) is 12.7. The summed E-state index contributed by atoms with van der Waals surface area (Å²) in [6.07, 6.45) is 2.72. The lowest BCUT2D eigenvalue weighted by molar-refractivity contribution is 0.661. The van der Waals surface area contributed by atoms with Crippen LogP contribution in [0.4, 0.5) is 0 Å². The van der Waals surface area contributed by atoms with Gasteiger partial charge in [-0.15, -0.1) is 0 Å². The van der Waals surface area contributed by atoms with E-state index in [-0.39, 0.29) is 17.0 Å². The van der Waals surface area contributed by atoms with Crippen LogP contribution >= 0.6 is 0 Å². The Morgan fingerprint density at radius 1 is 0.518 bits per heavy atom. The maximum absolute atomic E-state index is 6.90. The number of rotatable bonds is 7. The van der Waals surface area contributed by atoms with Crippen LogP contribution in [0.5, 0.6) is 0 Å². The van der Waals surface area contributed by atoms with Crippen molar-refractivity contribution >= 4 is 27.2 Å². The third kappa shape index (κ3) is 5.51. The number of hydrogen-bond acceptors (Lipinski definition) is 2. The van der Waals surface area contributed by atoms with Crippen molar-refractivity contribution in [1.29, 1.82) is 0 Å². The highest BCUT2D eigenvalue weighted by atomic mass is 15.0. The lowest BCUT2D eigenvalue weighted by atomic mass is 9.81. The molecule has 0 saturated heterocycles. The first-order chi connectivity index (χ1) is 27.2. The highest BCUT2D eigenvalue weighted by Gasteiger charge is 2.38. The largest absolute Gasteiger partial charge is 0.366 e. The molecule has 0 heterocycles. The molecule has 0 amide bonds. The second-order valence-corrected chi connectivity index (χ2v) is 16.8. The molecule has 56 heavy (non-hydrogen) atoms. The van der Waals surface area contributed by atoms with E-state index in [0.717, 1.165) is 23.2 Å². The van der Waals surface area contributed by atoms with Gasteiger partial charge in [-0.05, 0) is 131 Å². The van der Waals surface area contributed by atoms with Crippen LogP contribution in [0.15, 0.2) is 170 Å². The molecule has 0 aromatic heterocycles. The summed E-state index contributed by atoms with van der Waals surface area (Å²) in [4.78, 5) is 0. The molecular formula is C54H46N2. The van der Waals surface area contributed by atoms with Gasteiger partial charge in [0.25, 0.3) is 0 Å². The van der Waals surface area contributed by atoms with Crippen LogP contribution in [0.1, 0.15) is 72.8 Å². The summed E-state index contributed by atoms with van der Waals surface area (Å²) < 4.78 is 0. The van der Waals surface area contributed by atoms with Crippen molar-refractivity contribution in [2.75, 3.05) is 0 Å². The topological polar surface area (TPSA) is 38.0 Å². The van der Waals surface area contributed by atoms with E-state index < -0.39 is 0 Å². The van der Waals surface area contributed by atoms with Crippen molar-refractivity contribution in [1.82, 2.24) is 5.32 Å². The van der Waals surface area contributed by atoms with Gasteiger partial charge in [0, 0.05) is 16.5 Å². The molecule has 0 spiro atoms. The molecule has 3 N–H and O–H groups in total. The van der Waals surface area contributed by atoms with Crippen LogP contribution in [0, 0.1) is 0 Å². The molecule has 2 aliphatic rings. The second-order valence-electron chi connectivity index (χ2n) is 16.8. The van der Waals surface area contributed by atoms with Crippen molar-refractivity contribution in [2.45, 2.75) is 51.1 Å². The molecule has 0 radical (unpaired) electrons. The zero-order valence-electron chi connectivity index (χ0n) is 32.5. The average Bonchev–Trinajstić information content (AvgIpc) is 3.59. The summed E-state index contributed by atoms with van der Waals surface area (Å²) in [5.74, 6) is 0. The number of hydrogen-bond donors (Lipinski definition) is 2. The fourth-order valence-electron chi connectivity index (χ4n) is 9.57. The maximum atomic E-state index is 6.90. The van der Waals surface area contributed by atoms with E-state index in [1.807, 2.05) is 18.2 Å². The van der Waals surface area contributed by atoms with Gasteiger partial charge < -0.3 is 11.1 Å². The van der Waals surface area contributed by atoms with Gasteiger partial charge in [0.2, 0.25) is 0 Å². The fraction of sp³-hybridized carbons (Fsp3) is 0.148. The summed E-state index contributed by atoms with van der Waals surface area (Å²) in [5, 5.41) is 8.88. The molecule has 10 rings (SSSR count). The van der Waals surface area contributed by atoms with E-state index in [1.165, 1.54) is 82.7 Å². The third-order valence-corrected chi connectivity index (χ3v) is 12.7. The van der Waals surface area contributed by atoms with Crippen LogP contribution in [0.2, 0.25) is 0 Å². The zero-order valence-corrected chi connectivity index (χ0v) is 32.5. The Bertz CT molecular complexity index is 2870. The van der Waals surface area contributed by atoms with Crippen molar-refractivity contribution in [3.8, 4) is 33.4 Å². The van der Waals surface area contributed by atoms with Gasteiger partial charge >= 0.3 is 0 Å². The molecule has 2 heteroatoms. The summed E-state index contributed by atoms with van der Waals surface area (Å²) in [5.41, 5.74) is 24.6. The lowest BCUT2D eigenvalue weighted by Crippen LogP contribution is -2.27. The Morgan fingerprint density at radius 2 is 1.11 bits per heavy atom. The van der Waals surface area contributed by atoms with Crippen LogP contribution in [0.3, 0.4) is 0 Å². The van der Waals surface area contributed by atoms with Crippen LogP contribution in [0.25, 0.3) is 60.6 Å². The Kier molecular flexibility index (Phi) is 7.92. The molecule has 1 atom stereocenters. The molecule has 2 aliphatic carbocycles. The minimum absolute atomic E-state index is 0.0564. The molecule has 8 aromatic carbocycles. The van der Waals surface area contributed by atoms with Gasteiger partial charge in [-0.3, -0.25) is 0 Å². The number of nitrogens with one attached hydrogen (secondary N) is 1. The van der Waals surface area contributed by atoms with E-state index in [1.54, 1.807) is 0 Å². The first-order valence-electron chi connectivity index (χ1n) is 19.9. The Balaban J connectivity index is 1.06. The standard InChI is InChI=1S/C54H46N2/c1-53(2)46-26-24-34(28-43(46)44-30-36-16-8-10-18-38(36)32-48(44)53)25-27-50(56-52(55)35-14-6-5-7-15-35)41-21-12-20-40(29-41)42-22-13-23-47-51(42)45-31-37-17-9-11-19-39(37)33-49(45)54(47,3)4/h5-24,26-33,52,56H,25,55H2,1-4H3/b50-27-. The predicted octanol–water partition coefficient (Wildman–Crippen LogP) is 13.1. The predicted molar refractivity (Wildman–Crippen MR) is 237 cm³/mol. The number of nitrogens with two attached hydrogens (primary N) is 1. The van der Waals surface area contributed by atoms with E-state index >= 15 is 0 Å². The Morgan fingerprint density at radius 3 is 1.82 bits per heavy atom. The fourth-order valence-corrected chi connectivity index (χ4v) is 9.57. The van der Waals surface area contributed by atoms with E-state index in [0.29, 0.717) is 0 Å². The molecular weight excluding hydrogens is 677 g/mol. The van der Waals surface area contributed by atoms with Crippen molar-refractivity contribution < 1.29 is 0 Å². The van der Waals surface area contributed by atoms with Gasteiger partial charge in [0.15, 0.2) is 0 Å². The Labute approximate surface area is 330 Å². The van der Waals surface area contributed by atoms with E-state index in [2.05, 4.69) is 185 Å². The Hall–Kier alpha value is -6.22. The molecule has 272 valence electrons. The van der Waals surface area contributed by atoms with Crippen LogP contribution < -0.4 is 11.1 Å². The molecule has 0 fully saturated rings. The highest BCUT2D eigenvalue weighted by Crippen LogP contribution is 2.53. The molecule has 8 aromatic rings. The number of benzene rings is 8. The summed E-state index contributed by atoms with van der Waals surface area (Å²) in [6, 6.07) is 60.2. The molecule has 0 bridgehead atoms. The summed E-state index contributed by atoms with van der Waals surface area (Å²) in [6.45, 7) is 9.44. The smallest absolute Gasteiger partial charge is 0.101 e. The van der Waals surface area contributed by atoms with Gasteiger partial charge in [-0.1, -0.05) is 167 Å². The van der Waals surface area contributed by atoms with Crippen LogP contribution in [-0.4, -0.2) is 0 Å². The molecule has 0 saturated carbocycles. The maximum Gasteiger partial charge on any atom is 0.101 e. The SMILES string of the molecule is CC1(C)c2ccc(C/C=C(\NC(N)c3ccccc3)c3cccc(-c4cccc5c4-c4cc6ccccc6cc4C5(C)C)c3)cc2-c2cc3ccccc3cc21. The van der Waals surface area contributed by atoms with E-state index in [9.17, 15) is 0 Å². The molecule has 1 unspecified atom stereocenters. The molecule has 0 aliphatic heterocycles. The highest BCUT2D eigenvalue weighted by molar-refractivity contribution is 5.99. The monoisotopic (exact) mass is 722 g/mol.